The normalized spacial score (nSPS) is 16.1. The number of aromatic nitrogens is 2. The number of anilines is 1. The van der Waals surface area contributed by atoms with Gasteiger partial charge in [0.2, 0.25) is 0 Å². The maximum absolute atomic E-state index is 12.1. The number of likely N-dealkylation sites (N-methyl/N-ethyl adjacent to an activating group) is 1. The first-order chi connectivity index (χ1) is 10.0. The van der Waals surface area contributed by atoms with Crippen LogP contribution in [0.25, 0.3) is 0 Å². The predicted octanol–water partition coefficient (Wildman–Crippen LogP) is 2.87. The molecule has 0 unspecified atom stereocenters. The van der Waals surface area contributed by atoms with E-state index in [1.165, 1.54) is 30.4 Å². The number of halogens is 1. The van der Waals surface area contributed by atoms with Gasteiger partial charge in [-0.25, -0.2) is 4.68 Å². The summed E-state index contributed by atoms with van der Waals surface area (Å²) < 4.78 is 2.05. The van der Waals surface area contributed by atoms with Crippen LogP contribution in [0.15, 0.2) is 15.5 Å². The molecule has 1 aromatic heterocycles. The van der Waals surface area contributed by atoms with Crippen molar-refractivity contribution in [3.8, 4) is 0 Å². The van der Waals surface area contributed by atoms with E-state index in [1.807, 2.05) is 13.8 Å². The number of rotatable bonds is 6. The minimum Gasteiger partial charge on any atom is -0.381 e. The van der Waals surface area contributed by atoms with Crippen molar-refractivity contribution in [2.75, 3.05) is 25.5 Å². The summed E-state index contributed by atoms with van der Waals surface area (Å²) in [7, 11) is 2.18. The van der Waals surface area contributed by atoms with Crippen molar-refractivity contribution in [1.29, 1.82) is 0 Å². The zero-order chi connectivity index (χ0) is 15.4. The molecule has 0 bridgehead atoms. The van der Waals surface area contributed by atoms with Crippen LogP contribution in [0.5, 0.6) is 0 Å². The van der Waals surface area contributed by atoms with Crippen molar-refractivity contribution in [2.24, 2.45) is 0 Å². The molecule has 1 saturated carbocycles. The van der Waals surface area contributed by atoms with Crippen molar-refractivity contribution in [3.63, 3.8) is 0 Å². The number of nitrogens with one attached hydrogen (secondary N) is 1. The summed E-state index contributed by atoms with van der Waals surface area (Å²) >= 11 is 3.38. The van der Waals surface area contributed by atoms with Crippen molar-refractivity contribution >= 4 is 21.6 Å². The van der Waals surface area contributed by atoms with Gasteiger partial charge >= 0.3 is 0 Å². The Bertz CT molecular complexity index is 523. The molecule has 0 saturated heterocycles. The molecule has 1 aliphatic rings. The topological polar surface area (TPSA) is 50.2 Å². The highest BCUT2D eigenvalue weighted by atomic mass is 79.9. The quantitative estimate of drug-likeness (QED) is 0.851. The van der Waals surface area contributed by atoms with Gasteiger partial charge < -0.3 is 10.2 Å². The van der Waals surface area contributed by atoms with Gasteiger partial charge in [-0.1, -0.05) is 12.8 Å². The molecule has 1 heterocycles. The summed E-state index contributed by atoms with van der Waals surface area (Å²) in [4.78, 5) is 14.6. The summed E-state index contributed by atoms with van der Waals surface area (Å²) in [5.74, 6) is 0. The van der Waals surface area contributed by atoms with Crippen LogP contribution in [0.1, 0.15) is 45.6 Å². The molecule has 0 aromatic carbocycles. The average Bonchev–Trinajstić information content (AvgIpc) is 2.97. The molecule has 6 heteroatoms. The zero-order valence-corrected chi connectivity index (χ0v) is 14.7. The fourth-order valence-electron chi connectivity index (χ4n) is 2.83. The molecule has 0 aliphatic heterocycles. The Kier molecular flexibility index (Phi) is 5.81. The lowest BCUT2D eigenvalue weighted by Gasteiger charge is -2.24. The van der Waals surface area contributed by atoms with E-state index in [0.717, 1.165) is 24.8 Å². The van der Waals surface area contributed by atoms with Gasteiger partial charge in [0.05, 0.1) is 17.9 Å². The Morgan fingerprint density at radius 1 is 1.48 bits per heavy atom. The summed E-state index contributed by atoms with van der Waals surface area (Å²) in [6.07, 6.45) is 7.05. The maximum Gasteiger partial charge on any atom is 0.283 e. The van der Waals surface area contributed by atoms with Crippen LogP contribution >= 0.6 is 15.9 Å². The van der Waals surface area contributed by atoms with Gasteiger partial charge in [0.1, 0.15) is 4.47 Å². The second-order valence-corrected chi connectivity index (χ2v) is 6.85. The molecule has 0 radical (unpaired) electrons. The lowest BCUT2D eigenvalue weighted by molar-refractivity contribution is 0.254. The van der Waals surface area contributed by atoms with E-state index in [2.05, 4.69) is 38.3 Å². The summed E-state index contributed by atoms with van der Waals surface area (Å²) in [6.45, 7) is 5.69. The van der Waals surface area contributed by atoms with Crippen LogP contribution in [0.2, 0.25) is 0 Å². The molecule has 1 aliphatic carbocycles. The zero-order valence-electron chi connectivity index (χ0n) is 13.1. The second-order valence-electron chi connectivity index (χ2n) is 6.06. The first-order valence-corrected chi connectivity index (χ1v) is 8.51. The first kappa shape index (κ1) is 16.5. The second kappa shape index (κ2) is 7.40. The van der Waals surface area contributed by atoms with Crippen LogP contribution in [-0.4, -0.2) is 40.9 Å². The number of hydrogen-bond donors (Lipinski definition) is 1. The van der Waals surface area contributed by atoms with Crippen molar-refractivity contribution in [2.45, 2.75) is 51.6 Å². The van der Waals surface area contributed by atoms with E-state index in [4.69, 9.17) is 0 Å². The Morgan fingerprint density at radius 2 is 2.14 bits per heavy atom. The van der Waals surface area contributed by atoms with Crippen LogP contribution in [-0.2, 0) is 0 Å². The van der Waals surface area contributed by atoms with Gasteiger partial charge in [-0.05, 0) is 49.7 Å². The summed E-state index contributed by atoms with van der Waals surface area (Å²) in [5.41, 5.74) is 0.691. The Balaban J connectivity index is 1.91. The molecular formula is C15H25BrN4O. The first-order valence-electron chi connectivity index (χ1n) is 7.72. The highest BCUT2D eigenvalue weighted by Gasteiger charge is 2.19. The molecule has 1 fully saturated rings. The Hall–Kier alpha value is -0.880. The standard InChI is InChI=1S/C15H25BrN4O/c1-11(2)20-15(21)14(16)13(10-18-20)17-8-9-19(3)12-6-4-5-7-12/h10-12,17H,4-9H2,1-3H3. The van der Waals surface area contributed by atoms with Crippen molar-refractivity contribution < 1.29 is 0 Å². The van der Waals surface area contributed by atoms with E-state index in [-0.39, 0.29) is 11.6 Å². The molecule has 2 rings (SSSR count). The molecule has 1 N–H and O–H groups in total. The Morgan fingerprint density at radius 3 is 2.76 bits per heavy atom. The van der Waals surface area contributed by atoms with E-state index >= 15 is 0 Å². The number of hydrogen-bond acceptors (Lipinski definition) is 4. The van der Waals surface area contributed by atoms with E-state index < -0.39 is 0 Å². The predicted molar refractivity (Wildman–Crippen MR) is 90.0 cm³/mol. The average molecular weight is 357 g/mol. The molecule has 0 amide bonds. The minimum absolute atomic E-state index is 0.0661. The third kappa shape index (κ3) is 4.07. The molecular weight excluding hydrogens is 332 g/mol. The molecule has 1 aromatic rings. The van der Waals surface area contributed by atoms with Crippen LogP contribution in [0.3, 0.4) is 0 Å². The maximum atomic E-state index is 12.1. The fraction of sp³-hybridized carbons (Fsp3) is 0.733. The van der Waals surface area contributed by atoms with Crippen LogP contribution in [0.4, 0.5) is 5.69 Å². The lowest BCUT2D eigenvalue weighted by atomic mass is 10.2. The molecule has 118 valence electrons. The summed E-state index contributed by atoms with van der Waals surface area (Å²) in [5, 5.41) is 7.52. The smallest absolute Gasteiger partial charge is 0.283 e. The van der Waals surface area contributed by atoms with Crippen LogP contribution < -0.4 is 10.9 Å². The highest BCUT2D eigenvalue weighted by molar-refractivity contribution is 9.10. The third-order valence-electron chi connectivity index (χ3n) is 4.16. The largest absolute Gasteiger partial charge is 0.381 e. The van der Waals surface area contributed by atoms with Crippen molar-refractivity contribution in [1.82, 2.24) is 14.7 Å². The fourth-order valence-corrected chi connectivity index (χ4v) is 3.25. The third-order valence-corrected chi connectivity index (χ3v) is 4.93. The van der Waals surface area contributed by atoms with E-state index in [1.54, 1.807) is 6.20 Å². The number of nitrogens with zero attached hydrogens (tertiary/aromatic N) is 3. The minimum atomic E-state index is -0.0841. The Labute approximate surface area is 134 Å². The van der Waals surface area contributed by atoms with Gasteiger partial charge in [-0.2, -0.15) is 5.10 Å². The SMILES string of the molecule is CC(C)n1ncc(NCCN(C)C2CCCC2)c(Br)c1=O. The van der Waals surface area contributed by atoms with E-state index in [9.17, 15) is 4.79 Å². The van der Waals surface area contributed by atoms with Gasteiger partial charge in [-0.3, -0.25) is 4.79 Å². The highest BCUT2D eigenvalue weighted by Crippen LogP contribution is 2.22. The molecule has 5 nitrogen and oxygen atoms in total. The summed E-state index contributed by atoms with van der Waals surface area (Å²) in [6, 6.07) is 0.790. The lowest BCUT2D eigenvalue weighted by Crippen LogP contribution is -2.33. The molecule has 0 spiro atoms. The van der Waals surface area contributed by atoms with Gasteiger partial charge in [0, 0.05) is 19.1 Å². The van der Waals surface area contributed by atoms with Crippen molar-refractivity contribution in [3.05, 3.63) is 21.0 Å². The van der Waals surface area contributed by atoms with Gasteiger partial charge in [0.15, 0.2) is 0 Å². The molecule has 21 heavy (non-hydrogen) atoms. The molecule has 0 atom stereocenters. The van der Waals surface area contributed by atoms with Gasteiger partial charge in [-0.15, -0.1) is 0 Å². The van der Waals surface area contributed by atoms with E-state index in [0.29, 0.717) is 4.47 Å². The monoisotopic (exact) mass is 356 g/mol. The van der Waals surface area contributed by atoms with Crippen LogP contribution in [0, 0.1) is 0 Å². The van der Waals surface area contributed by atoms with Gasteiger partial charge in [0.25, 0.3) is 5.56 Å².